The Kier molecular flexibility index (Phi) is 1.77. The van der Waals surface area contributed by atoms with E-state index in [9.17, 15) is 9.59 Å². The van der Waals surface area contributed by atoms with Crippen LogP contribution in [0.5, 0.6) is 0 Å². The number of allylic oxidation sites excluding steroid dienone is 1. The number of hydrogen-bond acceptors (Lipinski definition) is 4. The Morgan fingerprint density at radius 3 is 3.05 bits per heavy atom. The lowest BCUT2D eigenvalue weighted by Crippen LogP contribution is -2.82. The summed E-state index contributed by atoms with van der Waals surface area (Å²) in [5.74, 6) is 0.509. The number of ketones is 1. The zero-order chi connectivity index (χ0) is 13.7. The van der Waals surface area contributed by atoms with Crippen molar-refractivity contribution in [2.75, 3.05) is 6.54 Å². The van der Waals surface area contributed by atoms with Gasteiger partial charge in [-0.25, -0.2) is 0 Å². The van der Waals surface area contributed by atoms with Gasteiger partial charge in [-0.05, 0) is 37.7 Å². The molecule has 5 rings (SSSR count). The average Bonchev–Trinajstić information content (AvgIpc) is 2.76. The molecule has 4 heteroatoms. The number of fused-ring (bicyclic) bond motifs is 3. The second kappa shape index (κ2) is 3.12. The first-order valence-corrected chi connectivity index (χ1v) is 7.82. The van der Waals surface area contributed by atoms with Gasteiger partial charge in [0.25, 0.3) is 0 Å². The summed E-state index contributed by atoms with van der Waals surface area (Å²) in [6.07, 6.45) is 7.80. The molecule has 4 fully saturated rings. The molecule has 2 saturated carbocycles. The van der Waals surface area contributed by atoms with Gasteiger partial charge in [-0.3, -0.25) is 9.59 Å². The van der Waals surface area contributed by atoms with Crippen molar-refractivity contribution in [3.63, 3.8) is 0 Å². The van der Waals surface area contributed by atoms with E-state index in [1.807, 2.05) is 6.20 Å². The van der Waals surface area contributed by atoms with Crippen LogP contribution in [0.15, 0.2) is 12.3 Å². The van der Waals surface area contributed by atoms with Gasteiger partial charge in [0.2, 0.25) is 0 Å². The molecule has 1 unspecified atom stereocenters. The van der Waals surface area contributed by atoms with Crippen LogP contribution in [0.3, 0.4) is 0 Å². The summed E-state index contributed by atoms with van der Waals surface area (Å²) in [6, 6.07) is 0. The molecule has 0 aromatic rings. The summed E-state index contributed by atoms with van der Waals surface area (Å²) in [4.78, 5) is 27.6. The number of ether oxygens (including phenoxy) is 1. The van der Waals surface area contributed by atoms with Crippen LogP contribution in [0, 0.1) is 23.2 Å². The largest absolute Gasteiger partial charge is 0.462 e. The van der Waals surface area contributed by atoms with Crippen molar-refractivity contribution < 1.29 is 14.3 Å². The Labute approximate surface area is 118 Å². The number of carbonyl (C=O) groups is 2. The predicted molar refractivity (Wildman–Crippen MR) is 70.5 cm³/mol. The Hall–Kier alpha value is -1.32. The molecule has 1 spiro atoms. The molecule has 2 aliphatic carbocycles. The number of rotatable bonds is 0. The molecule has 106 valence electrons. The third-order valence-corrected chi connectivity index (χ3v) is 6.98. The molecule has 2 bridgehead atoms. The predicted octanol–water partition coefficient (Wildman–Crippen LogP) is 1.51. The van der Waals surface area contributed by atoms with Crippen molar-refractivity contribution in [2.24, 2.45) is 23.2 Å². The number of piperidine rings is 1. The van der Waals surface area contributed by atoms with Gasteiger partial charge in [-0.15, -0.1) is 0 Å². The van der Waals surface area contributed by atoms with Crippen LogP contribution in [0.2, 0.25) is 0 Å². The molecule has 0 N–H and O–H groups in total. The molecule has 2 saturated heterocycles. The van der Waals surface area contributed by atoms with Crippen LogP contribution in [0.1, 0.15) is 32.6 Å². The summed E-state index contributed by atoms with van der Waals surface area (Å²) in [5.41, 5.74) is -0.604. The topological polar surface area (TPSA) is 46.6 Å². The van der Waals surface area contributed by atoms with E-state index in [-0.39, 0.29) is 29.3 Å². The number of esters is 1. The normalized spacial score (nSPS) is 55.0. The number of hydrogen-bond donors (Lipinski definition) is 0. The maximum atomic E-state index is 12.9. The zero-order valence-corrected chi connectivity index (χ0v) is 11.7. The summed E-state index contributed by atoms with van der Waals surface area (Å²) < 4.78 is 5.68. The van der Waals surface area contributed by atoms with E-state index in [2.05, 4.69) is 11.8 Å². The molecule has 0 aromatic heterocycles. The van der Waals surface area contributed by atoms with E-state index < -0.39 is 5.41 Å². The molecule has 4 nitrogen and oxygen atoms in total. The van der Waals surface area contributed by atoms with Crippen LogP contribution in [-0.4, -0.2) is 34.8 Å². The molecule has 3 heterocycles. The van der Waals surface area contributed by atoms with Gasteiger partial charge in [0.05, 0.1) is 16.9 Å². The lowest BCUT2D eigenvalue weighted by atomic mass is 9.34. The zero-order valence-electron chi connectivity index (χ0n) is 11.7. The van der Waals surface area contributed by atoms with Crippen LogP contribution < -0.4 is 0 Å². The maximum Gasteiger partial charge on any atom is 0.310 e. The van der Waals surface area contributed by atoms with Crippen molar-refractivity contribution in [3.05, 3.63) is 12.3 Å². The fraction of sp³-hybridized carbons (Fsp3) is 0.750. The Balaban J connectivity index is 1.81. The van der Waals surface area contributed by atoms with Gasteiger partial charge < -0.3 is 9.64 Å². The van der Waals surface area contributed by atoms with Crippen molar-refractivity contribution >= 4 is 11.8 Å². The summed E-state index contributed by atoms with van der Waals surface area (Å²) in [6.45, 7) is 3.17. The molecule has 5 aliphatic rings. The molecule has 20 heavy (non-hydrogen) atoms. The lowest BCUT2D eigenvalue weighted by molar-refractivity contribution is -0.236. The molecule has 3 aliphatic heterocycles. The van der Waals surface area contributed by atoms with E-state index in [1.165, 1.54) is 0 Å². The first-order valence-electron chi connectivity index (χ1n) is 7.82. The quantitative estimate of drug-likeness (QED) is 0.628. The fourth-order valence-corrected chi connectivity index (χ4v) is 6.53. The van der Waals surface area contributed by atoms with E-state index in [0.717, 1.165) is 32.2 Å². The smallest absolute Gasteiger partial charge is 0.310 e. The highest BCUT2D eigenvalue weighted by Gasteiger charge is 2.82. The molecular formula is C16H19NO3. The Morgan fingerprint density at radius 2 is 2.25 bits per heavy atom. The van der Waals surface area contributed by atoms with Gasteiger partial charge in [0.1, 0.15) is 6.10 Å². The van der Waals surface area contributed by atoms with E-state index >= 15 is 0 Å². The number of nitrogens with zero attached hydrogens (tertiary/aromatic N) is 1. The van der Waals surface area contributed by atoms with Crippen LogP contribution in [-0.2, 0) is 14.3 Å². The van der Waals surface area contributed by atoms with Crippen molar-refractivity contribution in [3.8, 4) is 0 Å². The highest BCUT2D eigenvalue weighted by Crippen LogP contribution is 2.73. The molecule has 0 aromatic carbocycles. The van der Waals surface area contributed by atoms with Crippen LogP contribution in [0.4, 0.5) is 0 Å². The fourth-order valence-electron chi connectivity index (χ4n) is 6.53. The molecular weight excluding hydrogens is 254 g/mol. The average molecular weight is 273 g/mol. The van der Waals surface area contributed by atoms with Gasteiger partial charge >= 0.3 is 5.97 Å². The first kappa shape index (κ1) is 11.4. The van der Waals surface area contributed by atoms with Crippen molar-refractivity contribution in [1.82, 2.24) is 4.90 Å². The van der Waals surface area contributed by atoms with Crippen LogP contribution >= 0.6 is 0 Å². The second-order valence-electron chi connectivity index (χ2n) is 7.28. The minimum Gasteiger partial charge on any atom is -0.462 e. The second-order valence-corrected chi connectivity index (χ2v) is 7.28. The molecule has 0 amide bonds. The molecule has 6 atom stereocenters. The van der Waals surface area contributed by atoms with Crippen LogP contribution in [0.25, 0.3) is 0 Å². The third kappa shape index (κ3) is 0.845. The standard InChI is InChI=1S/C16H19NO3/c1-9-8-15-10-3-2-5-17(15)6-4-13(18)16(9,15)11-7-12(10)20-14(11)19/h4,6,9-12H,2-3,5,7-8H2,1H3/t9?,10-,11-,12-,15+,16+/m1/s1. The Morgan fingerprint density at radius 1 is 1.40 bits per heavy atom. The Bertz CT molecular complexity index is 570. The highest BCUT2D eigenvalue weighted by molar-refractivity contribution is 6.02. The maximum absolute atomic E-state index is 12.9. The SMILES string of the molecule is CC1C[C@@]23[C@@H]4CCCN2C=CC(=O)[C@@]13[C@@H]1C[C@H]4OC1=O. The minimum atomic E-state index is -0.489. The van der Waals surface area contributed by atoms with E-state index in [0.29, 0.717) is 11.8 Å². The summed E-state index contributed by atoms with van der Waals surface area (Å²) in [5, 5.41) is 0. The monoisotopic (exact) mass is 273 g/mol. The minimum absolute atomic E-state index is 0.0511. The third-order valence-electron chi connectivity index (χ3n) is 6.98. The van der Waals surface area contributed by atoms with E-state index in [4.69, 9.17) is 4.74 Å². The summed E-state index contributed by atoms with van der Waals surface area (Å²) >= 11 is 0. The van der Waals surface area contributed by atoms with Crippen molar-refractivity contribution in [1.29, 1.82) is 0 Å². The molecule has 0 radical (unpaired) electrons. The van der Waals surface area contributed by atoms with Gasteiger partial charge in [-0.2, -0.15) is 0 Å². The highest BCUT2D eigenvalue weighted by atomic mass is 16.6. The first-order chi connectivity index (χ1) is 9.62. The van der Waals surface area contributed by atoms with E-state index in [1.54, 1.807) is 6.08 Å². The lowest BCUT2D eigenvalue weighted by Gasteiger charge is -2.74. The summed E-state index contributed by atoms with van der Waals surface area (Å²) in [7, 11) is 0. The van der Waals surface area contributed by atoms with Gasteiger partial charge in [-0.1, -0.05) is 6.92 Å². The van der Waals surface area contributed by atoms with Gasteiger partial charge in [0, 0.05) is 18.7 Å². The number of carbonyl (C=O) groups excluding carboxylic acids is 2. The van der Waals surface area contributed by atoms with Gasteiger partial charge in [0.15, 0.2) is 5.78 Å². The van der Waals surface area contributed by atoms with Crippen molar-refractivity contribution in [2.45, 2.75) is 44.2 Å².